The first-order chi connectivity index (χ1) is 8.37. The Morgan fingerprint density at radius 1 is 1.39 bits per heavy atom. The molecular formula is C14H20BrNO2. The molecule has 4 heteroatoms. The lowest BCUT2D eigenvalue weighted by Gasteiger charge is -2.29. The van der Waals surface area contributed by atoms with E-state index in [-0.39, 0.29) is 0 Å². The van der Waals surface area contributed by atoms with E-state index >= 15 is 0 Å². The molecule has 0 bridgehead atoms. The van der Waals surface area contributed by atoms with Crippen LogP contribution in [0.5, 0.6) is 0 Å². The van der Waals surface area contributed by atoms with Gasteiger partial charge in [0.25, 0.3) is 0 Å². The minimum atomic E-state index is -0.729. The Labute approximate surface area is 117 Å². The van der Waals surface area contributed by atoms with Crippen molar-refractivity contribution in [2.24, 2.45) is 5.41 Å². The molecule has 0 heterocycles. The summed E-state index contributed by atoms with van der Waals surface area (Å²) in [6, 6.07) is 8.09. The standard InChI is InChI=1S/C14H20BrNO2/c1-4-14(2,13(17)18)10-16(3)9-11-5-7-12(15)8-6-11/h5-8H,4,9-10H2,1-3H3,(H,17,18). The lowest BCUT2D eigenvalue weighted by Crippen LogP contribution is -2.38. The Balaban J connectivity index is 2.63. The van der Waals surface area contributed by atoms with Crippen LogP contribution in [-0.2, 0) is 11.3 Å². The average Bonchev–Trinajstić information content (AvgIpc) is 2.31. The highest BCUT2D eigenvalue weighted by Crippen LogP contribution is 2.23. The number of hydrogen-bond donors (Lipinski definition) is 1. The van der Waals surface area contributed by atoms with Crippen molar-refractivity contribution >= 4 is 21.9 Å². The molecule has 0 aliphatic heterocycles. The number of halogens is 1. The first-order valence-corrected chi connectivity index (χ1v) is 6.83. The first kappa shape index (κ1) is 15.2. The zero-order chi connectivity index (χ0) is 13.8. The maximum absolute atomic E-state index is 11.3. The van der Waals surface area contributed by atoms with E-state index in [1.54, 1.807) is 6.92 Å². The smallest absolute Gasteiger partial charge is 0.310 e. The number of aliphatic carboxylic acids is 1. The van der Waals surface area contributed by atoms with Gasteiger partial charge in [-0.15, -0.1) is 0 Å². The van der Waals surface area contributed by atoms with Crippen LogP contribution in [-0.4, -0.2) is 29.6 Å². The first-order valence-electron chi connectivity index (χ1n) is 6.04. The molecule has 0 radical (unpaired) electrons. The second kappa shape index (κ2) is 6.34. The van der Waals surface area contributed by atoms with Crippen LogP contribution in [0.3, 0.4) is 0 Å². The van der Waals surface area contributed by atoms with Crippen molar-refractivity contribution in [2.75, 3.05) is 13.6 Å². The summed E-state index contributed by atoms with van der Waals surface area (Å²) < 4.78 is 1.05. The van der Waals surface area contributed by atoms with Gasteiger partial charge in [0.05, 0.1) is 5.41 Å². The van der Waals surface area contributed by atoms with Gasteiger partial charge >= 0.3 is 5.97 Å². The lowest BCUT2D eigenvalue weighted by atomic mass is 9.87. The summed E-state index contributed by atoms with van der Waals surface area (Å²) in [4.78, 5) is 13.3. The average molecular weight is 314 g/mol. The van der Waals surface area contributed by atoms with E-state index in [0.29, 0.717) is 13.0 Å². The molecule has 0 aliphatic rings. The van der Waals surface area contributed by atoms with Crippen molar-refractivity contribution in [3.05, 3.63) is 34.3 Å². The topological polar surface area (TPSA) is 40.5 Å². The van der Waals surface area contributed by atoms with Gasteiger partial charge in [0.2, 0.25) is 0 Å². The van der Waals surface area contributed by atoms with Crippen LogP contribution in [0, 0.1) is 5.41 Å². The van der Waals surface area contributed by atoms with Crippen LogP contribution >= 0.6 is 15.9 Å². The molecule has 1 aromatic carbocycles. The molecule has 0 spiro atoms. The van der Waals surface area contributed by atoms with E-state index in [1.165, 1.54) is 5.56 Å². The predicted octanol–water partition coefficient (Wildman–Crippen LogP) is 3.38. The summed E-state index contributed by atoms with van der Waals surface area (Å²) in [5.74, 6) is -0.729. The number of carboxylic acid groups (broad SMARTS) is 1. The van der Waals surface area contributed by atoms with Crippen LogP contribution in [0.15, 0.2) is 28.7 Å². The van der Waals surface area contributed by atoms with Gasteiger partial charge in [-0.3, -0.25) is 4.79 Å². The van der Waals surface area contributed by atoms with Gasteiger partial charge in [0.15, 0.2) is 0 Å². The van der Waals surface area contributed by atoms with Gasteiger partial charge < -0.3 is 10.0 Å². The number of carboxylic acids is 1. The maximum Gasteiger partial charge on any atom is 0.310 e. The van der Waals surface area contributed by atoms with Gasteiger partial charge in [0.1, 0.15) is 0 Å². The normalized spacial score (nSPS) is 14.5. The molecule has 100 valence electrons. The molecule has 3 nitrogen and oxygen atoms in total. The minimum absolute atomic E-state index is 0.550. The monoisotopic (exact) mass is 313 g/mol. The van der Waals surface area contributed by atoms with E-state index in [1.807, 2.05) is 38.2 Å². The predicted molar refractivity (Wildman–Crippen MR) is 76.5 cm³/mol. The van der Waals surface area contributed by atoms with Crippen molar-refractivity contribution in [2.45, 2.75) is 26.8 Å². The molecule has 0 saturated carbocycles. The summed E-state index contributed by atoms with van der Waals surface area (Å²) in [7, 11) is 1.96. The van der Waals surface area contributed by atoms with Crippen LogP contribution in [0.1, 0.15) is 25.8 Å². The molecule has 1 aromatic rings. The Kier molecular flexibility index (Phi) is 5.35. The lowest BCUT2D eigenvalue weighted by molar-refractivity contribution is -0.149. The molecule has 0 fully saturated rings. The highest BCUT2D eigenvalue weighted by molar-refractivity contribution is 9.10. The summed E-state index contributed by atoms with van der Waals surface area (Å²) in [5.41, 5.74) is 0.508. The SMILES string of the molecule is CCC(C)(CN(C)Cc1ccc(Br)cc1)C(=O)O. The summed E-state index contributed by atoms with van der Waals surface area (Å²) >= 11 is 3.40. The molecule has 1 atom stereocenters. The molecule has 0 amide bonds. The van der Waals surface area contributed by atoms with E-state index < -0.39 is 11.4 Å². The Morgan fingerprint density at radius 3 is 2.39 bits per heavy atom. The van der Waals surface area contributed by atoms with Gasteiger partial charge in [-0.25, -0.2) is 0 Å². The van der Waals surface area contributed by atoms with E-state index in [4.69, 9.17) is 0 Å². The van der Waals surface area contributed by atoms with Gasteiger partial charge in [0, 0.05) is 17.6 Å². The van der Waals surface area contributed by atoms with Crippen molar-refractivity contribution in [1.82, 2.24) is 4.90 Å². The molecule has 18 heavy (non-hydrogen) atoms. The Bertz CT molecular complexity index is 405. The Morgan fingerprint density at radius 2 is 1.94 bits per heavy atom. The maximum atomic E-state index is 11.3. The summed E-state index contributed by atoms with van der Waals surface area (Å²) in [6.45, 7) is 5.03. The fourth-order valence-corrected chi connectivity index (χ4v) is 2.15. The third-order valence-corrected chi connectivity index (χ3v) is 3.81. The fourth-order valence-electron chi connectivity index (χ4n) is 1.88. The van der Waals surface area contributed by atoms with Gasteiger partial charge in [-0.05, 0) is 38.1 Å². The van der Waals surface area contributed by atoms with Crippen molar-refractivity contribution < 1.29 is 9.90 Å². The number of carbonyl (C=O) groups is 1. The van der Waals surface area contributed by atoms with Crippen LogP contribution in [0.2, 0.25) is 0 Å². The van der Waals surface area contributed by atoms with Crippen molar-refractivity contribution in [1.29, 1.82) is 0 Å². The van der Waals surface area contributed by atoms with Gasteiger partial charge in [-0.2, -0.15) is 0 Å². The van der Waals surface area contributed by atoms with Crippen LogP contribution in [0.4, 0.5) is 0 Å². The second-order valence-corrected chi connectivity index (χ2v) is 5.93. The summed E-state index contributed by atoms with van der Waals surface area (Å²) in [5, 5.41) is 9.25. The van der Waals surface area contributed by atoms with E-state index in [2.05, 4.69) is 20.8 Å². The zero-order valence-corrected chi connectivity index (χ0v) is 12.7. The van der Waals surface area contributed by atoms with Crippen molar-refractivity contribution in [3.63, 3.8) is 0 Å². The second-order valence-electron chi connectivity index (χ2n) is 5.02. The highest BCUT2D eigenvalue weighted by Gasteiger charge is 2.32. The molecule has 0 saturated heterocycles. The van der Waals surface area contributed by atoms with Crippen molar-refractivity contribution in [3.8, 4) is 0 Å². The Hall–Kier alpha value is -0.870. The zero-order valence-electron chi connectivity index (χ0n) is 11.1. The number of hydrogen-bond acceptors (Lipinski definition) is 2. The molecule has 1 N–H and O–H groups in total. The highest BCUT2D eigenvalue weighted by atomic mass is 79.9. The molecular weight excluding hydrogens is 294 g/mol. The summed E-state index contributed by atoms with van der Waals surface area (Å²) in [6.07, 6.45) is 0.632. The molecule has 0 aliphatic carbocycles. The van der Waals surface area contributed by atoms with Gasteiger partial charge in [-0.1, -0.05) is 35.0 Å². The van der Waals surface area contributed by atoms with Crippen LogP contribution < -0.4 is 0 Å². The minimum Gasteiger partial charge on any atom is -0.481 e. The fraction of sp³-hybridized carbons (Fsp3) is 0.500. The van der Waals surface area contributed by atoms with Crippen LogP contribution in [0.25, 0.3) is 0 Å². The quantitative estimate of drug-likeness (QED) is 0.875. The third kappa shape index (κ3) is 4.10. The largest absolute Gasteiger partial charge is 0.481 e. The third-order valence-electron chi connectivity index (χ3n) is 3.28. The molecule has 0 aromatic heterocycles. The van der Waals surface area contributed by atoms with E-state index in [9.17, 15) is 9.90 Å². The molecule has 1 unspecified atom stereocenters. The van der Waals surface area contributed by atoms with E-state index in [0.717, 1.165) is 11.0 Å². The number of rotatable bonds is 6. The number of benzene rings is 1. The number of nitrogens with zero attached hydrogens (tertiary/aromatic N) is 1. The molecule has 1 rings (SSSR count).